The van der Waals surface area contributed by atoms with E-state index in [4.69, 9.17) is 0 Å². The standard InChI is InChI=1S/C15H22O/c1-5-14(15(4,16)6-2)12(3)13-10-8-7-9-11-13/h5,7-12,14,16H,1,6H2,2-4H3/t12-,14+,15+/m0/s1. The molecule has 0 radical (unpaired) electrons. The first-order chi connectivity index (χ1) is 7.53. The lowest BCUT2D eigenvalue weighted by Gasteiger charge is -2.34. The molecule has 88 valence electrons. The van der Waals surface area contributed by atoms with Gasteiger partial charge in [-0.15, -0.1) is 6.58 Å². The first-order valence-electron chi connectivity index (χ1n) is 5.92. The molecule has 1 nitrogen and oxygen atoms in total. The zero-order valence-corrected chi connectivity index (χ0v) is 10.5. The zero-order chi connectivity index (χ0) is 12.2. The van der Waals surface area contributed by atoms with Crippen LogP contribution in [0.2, 0.25) is 0 Å². The summed E-state index contributed by atoms with van der Waals surface area (Å²) >= 11 is 0. The lowest BCUT2D eigenvalue weighted by Crippen LogP contribution is -2.35. The summed E-state index contributed by atoms with van der Waals surface area (Å²) in [6, 6.07) is 10.3. The van der Waals surface area contributed by atoms with Gasteiger partial charge in [0.1, 0.15) is 0 Å². The van der Waals surface area contributed by atoms with Gasteiger partial charge in [-0.3, -0.25) is 0 Å². The molecule has 0 aliphatic heterocycles. The van der Waals surface area contributed by atoms with Crippen molar-refractivity contribution in [1.82, 2.24) is 0 Å². The fourth-order valence-corrected chi connectivity index (χ4v) is 2.20. The fourth-order valence-electron chi connectivity index (χ4n) is 2.20. The molecule has 0 fully saturated rings. The van der Waals surface area contributed by atoms with E-state index in [1.54, 1.807) is 0 Å². The van der Waals surface area contributed by atoms with Crippen LogP contribution in [0.1, 0.15) is 38.7 Å². The summed E-state index contributed by atoms with van der Waals surface area (Å²) in [7, 11) is 0. The SMILES string of the molecule is C=C[C@H]([C@@H](C)c1ccccc1)[C@](C)(O)CC. The molecule has 0 amide bonds. The molecule has 0 bridgehead atoms. The number of rotatable bonds is 5. The van der Waals surface area contributed by atoms with Gasteiger partial charge in [-0.25, -0.2) is 0 Å². The number of hydrogen-bond donors (Lipinski definition) is 1. The average Bonchev–Trinajstić information content (AvgIpc) is 2.30. The first-order valence-corrected chi connectivity index (χ1v) is 5.92. The molecule has 0 spiro atoms. The van der Waals surface area contributed by atoms with Gasteiger partial charge in [-0.05, 0) is 24.8 Å². The van der Waals surface area contributed by atoms with Crippen LogP contribution < -0.4 is 0 Å². The van der Waals surface area contributed by atoms with Crippen LogP contribution in [0.25, 0.3) is 0 Å². The first kappa shape index (κ1) is 13.0. The number of aliphatic hydroxyl groups is 1. The van der Waals surface area contributed by atoms with Crippen LogP contribution in [0.5, 0.6) is 0 Å². The van der Waals surface area contributed by atoms with Gasteiger partial charge in [0.15, 0.2) is 0 Å². The van der Waals surface area contributed by atoms with Gasteiger partial charge in [0.2, 0.25) is 0 Å². The summed E-state index contributed by atoms with van der Waals surface area (Å²) in [4.78, 5) is 0. The highest BCUT2D eigenvalue weighted by Crippen LogP contribution is 2.34. The molecule has 1 heteroatoms. The lowest BCUT2D eigenvalue weighted by molar-refractivity contribution is 0.00603. The second-order valence-corrected chi connectivity index (χ2v) is 4.67. The Morgan fingerprint density at radius 2 is 1.94 bits per heavy atom. The second-order valence-electron chi connectivity index (χ2n) is 4.67. The summed E-state index contributed by atoms with van der Waals surface area (Å²) in [6.45, 7) is 9.90. The molecule has 3 atom stereocenters. The van der Waals surface area contributed by atoms with Gasteiger partial charge in [0.25, 0.3) is 0 Å². The third kappa shape index (κ3) is 2.73. The van der Waals surface area contributed by atoms with Crippen molar-refractivity contribution in [3.05, 3.63) is 48.6 Å². The largest absolute Gasteiger partial charge is 0.390 e. The highest BCUT2D eigenvalue weighted by molar-refractivity contribution is 5.22. The van der Waals surface area contributed by atoms with Crippen molar-refractivity contribution in [3.8, 4) is 0 Å². The van der Waals surface area contributed by atoms with E-state index < -0.39 is 5.60 Å². The molecule has 0 heterocycles. The molecular weight excluding hydrogens is 196 g/mol. The summed E-state index contributed by atoms with van der Waals surface area (Å²) in [5.41, 5.74) is 0.568. The Bertz CT molecular complexity index is 327. The van der Waals surface area contributed by atoms with Crippen molar-refractivity contribution < 1.29 is 5.11 Å². The molecule has 1 aromatic carbocycles. The molecule has 16 heavy (non-hydrogen) atoms. The van der Waals surface area contributed by atoms with Crippen LogP contribution in [-0.4, -0.2) is 10.7 Å². The molecule has 1 rings (SSSR count). The van der Waals surface area contributed by atoms with E-state index in [1.165, 1.54) is 5.56 Å². The van der Waals surface area contributed by atoms with E-state index in [-0.39, 0.29) is 11.8 Å². The highest BCUT2D eigenvalue weighted by Gasteiger charge is 2.32. The van der Waals surface area contributed by atoms with E-state index in [2.05, 4.69) is 25.6 Å². The van der Waals surface area contributed by atoms with Gasteiger partial charge in [-0.2, -0.15) is 0 Å². The number of benzene rings is 1. The highest BCUT2D eigenvalue weighted by atomic mass is 16.3. The van der Waals surface area contributed by atoms with Crippen LogP contribution in [0.4, 0.5) is 0 Å². The molecule has 0 saturated heterocycles. The van der Waals surface area contributed by atoms with Crippen LogP contribution in [0, 0.1) is 5.92 Å². The smallest absolute Gasteiger partial charge is 0.0685 e. The molecule has 0 unspecified atom stereocenters. The summed E-state index contributed by atoms with van der Waals surface area (Å²) < 4.78 is 0. The zero-order valence-electron chi connectivity index (χ0n) is 10.5. The second kappa shape index (κ2) is 5.31. The molecule has 0 aliphatic rings. The minimum atomic E-state index is -0.684. The van der Waals surface area contributed by atoms with E-state index in [1.807, 2.05) is 38.1 Å². The van der Waals surface area contributed by atoms with E-state index in [0.29, 0.717) is 0 Å². The van der Waals surface area contributed by atoms with E-state index in [0.717, 1.165) is 6.42 Å². The summed E-state index contributed by atoms with van der Waals surface area (Å²) in [5.74, 6) is 0.369. The van der Waals surface area contributed by atoms with Crippen molar-refractivity contribution in [2.24, 2.45) is 5.92 Å². The van der Waals surface area contributed by atoms with Crippen LogP contribution in [0.3, 0.4) is 0 Å². The van der Waals surface area contributed by atoms with Gasteiger partial charge in [0.05, 0.1) is 5.60 Å². The van der Waals surface area contributed by atoms with Crippen molar-refractivity contribution in [3.63, 3.8) is 0 Å². The van der Waals surface area contributed by atoms with Crippen molar-refractivity contribution in [2.75, 3.05) is 0 Å². The average molecular weight is 218 g/mol. The molecule has 1 aromatic rings. The molecule has 0 aromatic heterocycles. The van der Waals surface area contributed by atoms with Crippen LogP contribution in [-0.2, 0) is 0 Å². The van der Waals surface area contributed by atoms with Crippen molar-refractivity contribution in [1.29, 1.82) is 0 Å². The van der Waals surface area contributed by atoms with Crippen LogP contribution in [0.15, 0.2) is 43.0 Å². The minimum Gasteiger partial charge on any atom is -0.390 e. The lowest BCUT2D eigenvalue weighted by atomic mass is 9.76. The minimum absolute atomic E-state index is 0.0832. The predicted octanol–water partition coefficient (Wildman–Crippen LogP) is 3.75. The monoisotopic (exact) mass is 218 g/mol. The summed E-state index contributed by atoms with van der Waals surface area (Å²) in [6.07, 6.45) is 2.61. The Morgan fingerprint density at radius 3 is 2.38 bits per heavy atom. The van der Waals surface area contributed by atoms with E-state index >= 15 is 0 Å². The Kier molecular flexibility index (Phi) is 4.31. The maximum Gasteiger partial charge on any atom is 0.0685 e. The Balaban J connectivity index is 2.94. The predicted molar refractivity (Wildman–Crippen MR) is 69.5 cm³/mol. The van der Waals surface area contributed by atoms with E-state index in [9.17, 15) is 5.11 Å². The normalized spacial score (nSPS) is 18.5. The van der Waals surface area contributed by atoms with Gasteiger partial charge in [-0.1, -0.05) is 50.3 Å². The van der Waals surface area contributed by atoms with Gasteiger partial charge < -0.3 is 5.11 Å². The van der Waals surface area contributed by atoms with Crippen molar-refractivity contribution in [2.45, 2.75) is 38.7 Å². The van der Waals surface area contributed by atoms with Crippen LogP contribution >= 0.6 is 0 Å². The quantitative estimate of drug-likeness (QED) is 0.746. The Hall–Kier alpha value is -1.08. The molecule has 0 saturated carbocycles. The third-order valence-electron chi connectivity index (χ3n) is 3.55. The van der Waals surface area contributed by atoms with Crippen molar-refractivity contribution >= 4 is 0 Å². The molecule has 0 aliphatic carbocycles. The topological polar surface area (TPSA) is 20.2 Å². The maximum atomic E-state index is 10.3. The van der Waals surface area contributed by atoms with Gasteiger partial charge in [0, 0.05) is 5.92 Å². The third-order valence-corrected chi connectivity index (χ3v) is 3.55. The maximum absolute atomic E-state index is 10.3. The summed E-state index contributed by atoms with van der Waals surface area (Å²) in [5, 5.41) is 10.3. The Morgan fingerprint density at radius 1 is 1.38 bits per heavy atom. The van der Waals surface area contributed by atoms with Gasteiger partial charge >= 0.3 is 0 Å². The number of hydrogen-bond acceptors (Lipinski definition) is 1. The molecular formula is C15H22O. The Labute approximate surface area is 98.8 Å². The fraction of sp³-hybridized carbons (Fsp3) is 0.467. The molecule has 1 N–H and O–H groups in total.